The van der Waals surface area contributed by atoms with Crippen LogP contribution in [0, 0.1) is 0 Å². The van der Waals surface area contributed by atoms with Gasteiger partial charge in [0.05, 0.1) is 11.4 Å². The Bertz CT molecular complexity index is 1020. The number of hydrogen-bond donors (Lipinski definition) is 0. The molecule has 0 bridgehead atoms. The van der Waals surface area contributed by atoms with Crippen molar-refractivity contribution in [2.24, 2.45) is 0 Å². The quantitative estimate of drug-likeness (QED) is 0.522. The fraction of sp³-hybridized carbons (Fsp3) is 0.0952. The number of hydrogen-bond acceptors (Lipinski definition) is 3. The molecule has 4 nitrogen and oxygen atoms in total. The summed E-state index contributed by atoms with van der Waals surface area (Å²) in [5.41, 5.74) is 2.60. The van der Waals surface area contributed by atoms with E-state index in [9.17, 15) is 4.79 Å². The molecule has 0 amide bonds. The Hall–Kier alpha value is -3.27. The predicted octanol–water partition coefficient (Wildman–Crippen LogP) is 4.41. The lowest BCUT2D eigenvalue weighted by molar-refractivity contribution is 0.0964. The maximum absolute atomic E-state index is 13.0. The Kier molecular flexibility index (Phi) is 3.86. The molecule has 4 rings (SSSR count). The molecule has 25 heavy (non-hydrogen) atoms. The van der Waals surface area contributed by atoms with Gasteiger partial charge in [0, 0.05) is 29.0 Å². The van der Waals surface area contributed by atoms with Gasteiger partial charge in [-0.1, -0.05) is 48.5 Å². The highest BCUT2D eigenvalue weighted by Crippen LogP contribution is 2.29. The van der Waals surface area contributed by atoms with Crippen LogP contribution in [0.2, 0.25) is 0 Å². The molecule has 0 aliphatic carbocycles. The molecule has 0 spiro atoms. The molecule has 2 heterocycles. The van der Waals surface area contributed by atoms with Gasteiger partial charge in [0.15, 0.2) is 5.78 Å². The average molecular weight is 327 g/mol. The number of fused-ring (bicyclic) bond motifs is 1. The maximum atomic E-state index is 13.0. The number of para-hydroxylation sites is 1. The summed E-state index contributed by atoms with van der Waals surface area (Å²) < 4.78 is 1.97. The topological polar surface area (TPSA) is 47.8 Å². The molecular formula is C21H17N3O. The third-order valence-electron chi connectivity index (χ3n) is 4.39. The van der Waals surface area contributed by atoms with Crippen molar-refractivity contribution in [3.63, 3.8) is 0 Å². The van der Waals surface area contributed by atoms with Gasteiger partial charge < -0.3 is 0 Å². The first-order valence-electron chi connectivity index (χ1n) is 8.23. The molecule has 2 aromatic carbocycles. The standard InChI is InChI=1S/C21H17N3O/c1-15(20(25)16-8-3-2-4-9-16)19-14-17-10-5-6-11-18(17)24(19)21-22-12-7-13-23-21/h2-15H,1H3. The summed E-state index contributed by atoms with van der Waals surface area (Å²) in [5.74, 6) is 0.352. The average Bonchev–Trinajstić information content (AvgIpc) is 3.07. The lowest BCUT2D eigenvalue weighted by Crippen LogP contribution is -2.14. The SMILES string of the molecule is CC(C(=O)c1ccccc1)c1cc2ccccc2n1-c1ncccn1. The van der Waals surface area contributed by atoms with Gasteiger partial charge in [-0.2, -0.15) is 0 Å². The van der Waals surface area contributed by atoms with Gasteiger partial charge in [0.1, 0.15) is 0 Å². The minimum atomic E-state index is -0.307. The lowest BCUT2D eigenvalue weighted by Gasteiger charge is -2.14. The largest absolute Gasteiger partial charge is 0.293 e. The highest BCUT2D eigenvalue weighted by Gasteiger charge is 2.23. The number of carbonyl (C=O) groups is 1. The van der Waals surface area contributed by atoms with Gasteiger partial charge in [-0.3, -0.25) is 9.36 Å². The van der Waals surface area contributed by atoms with Crippen molar-refractivity contribution in [3.05, 3.63) is 90.4 Å². The second-order valence-electron chi connectivity index (χ2n) is 5.96. The fourth-order valence-electron chi connectivity index (χ4n) is 3.11. The summed E-state index contributed by atoms with van der Waals surface area (Å²) in [6, 6.07) is 21.3. The van der Waals surface area contributed by atoms with Crippen LogP contribution >= 0.6 is 0 Å². The van der Waals surface area contributed by atoms with E-state index in [1.807, 2.05) is 66.1 Å². The molecule has 1 atom stereocenters. The predicted molar refractivity (Wildman–Crippen MR) is 98.1 cm³/mol. The number of aromatic nitrogens is 3. The van der Waals surface area contributed by atoms with Crippen molar-refractivity contribution < 1.29 is 4.79 Å². The third kappa shape index (κ3) is 2.72. The van der Waals surface area contributed by atoms with Crippen molar-refractivity contribution in [2.45, 2.75) is 12.8 Å². The van der Waals surface area contributed by atoms with Gasteiger partial charge in [0.25, 0.3) is 0 Å². The van der Waals surface area contributed by atoms with E-state index in [1.54, 1.807) is 18.5 Å². The van der Waals surface area contributed by atoms with Gasteiger partial charge in [-0.25, -0.2) is 9.97 Å². The van der Waals surface area contributed by atoms with Gasteiger partial charge in [-0.05, 0) is 25.1 Å². The summed E-state index contributed by atoms with van der Waals surface area (Å²) in [5, 5.41) is 1.07. The highest BCUT2D eigenvalue weighted by molar-refractivity contribution is 6.01. The molecule has 0 saturated heterocycles. The zero-order valence-electron chi connectivity index (χ0n) is 13.8. The van der Waals surface area contributed by atoms with E-state index < -0.39 is 0 Å². The Morgan fingerprint density at radius 3 is 2.36 bits per heavy atom. The smallest absolute Gasteiger partial charge is 0.234 e. The molecule has 4 heteroatoms. The van der Waals surface area contributed by atoms with E-state index in [0.717, 1.165) is 16.6 Å². The van der Waals surface area contributed by atoms with Crippen LogP contribution in [0.1, 0.15) is 28.9 Å². The molecule has 0 aliphatic heterocycles. The van der Waals surface area contributed by atoms with Crippen LogP contribution in [0.3, 0.4) is 0 Å². The third-order valence-corrected chi connectivity index (χ3v) is 4.39. The molecule has 0 saturated carbocycles. The van der Waals surface area contributed by atoms with Crippen molar-refractivity contribution in [1.29, 1.82) is 0 Å². The first kappa shape index (κ1) is 15.3. The van der Waals surface area contributed by atoms with Crippen LogP contribution < -0.4 is 0 Å². The van der Waals surface area contributed by atoms with Crippen LogP contribution in [-0.2, 0) is 0 Å². The van der Waals surface area contributed by atoms with E-state index in [-0.39, 0.29) is 11.7 Å². The summed E-state index contributed by atoms with van der Waals surface area (Å²) in [4.78, 5) is 21.7. The molecule has 0 fully saturated rings. The molecule has 0 aliphatic rings. The van der Waals surface area contributed by atoms with E-state index in [4.69, 9.17) is 0 Å². The van der Waals surface area contributed by atoms with Gasteiger partial charge in [-0.15, -0.1) is 0 Å². The summed E-state index contributed by atoms with van der Waals surface area (Å²) in [6.07, 6.45) is 3.43. The number of carbonyl (C=O) groups excluding carboxylic acids is 1. The van der Waals surface area contributed by atoms with Crippen molar-refractivity contribution in [1.82, 2.24) is 14.5 Å². The molecule has 1 unspecified atom stereocenters. The minimum Gasteiger partial charge on any atom is -0.293 e. The van der Waals surface area contributed by atoms with E-state index in [2.05, 4.69) is 16.0 Å². The highest BCUT2D eigenvalue weighted by atomic mass is 16.1. The van der Waals surface area contributed by atoms with Gasteiger partial charge in [0.2, 0.25) is 5.95 Å². The van der Waals surface area contributed by atoms with Crippen molar-refractivity contribution in [3.8, 4) is 5.95 Å². The normalized spacial score (nSPS) is 12.2. The van der Waals surface area contributed by atoms with Crippen molar-refractivity contribution in [2.75, 3.05) is 0 Å². The van der Waals surface area contributed by atoms with Crippen LogP contribution in [0.15, 0.2) is 79.1 Å². The Labute approximate surface area is 145 Å². The van der Waals surface area contributed by atoms with E-state index in [0.29, 0.717) is 11.5 Å². The summed E-state index contributed by atoms with van der Waals surface area (Å²) in [7, 11) is 0. The lowest BCUT2D eigenvalue weighted by atomic mass is 9.96. The van der Waals surface area contributed by atoms with Gasteiger partial charge >= 0.3 is 0 Å². The second kappa shape index (κ2) is 6.32. The zero-order valence-corrected chi connectivity index (χ0v) is 13.8. The number of benzene rings is 2. The second-order valence-corrected chi connectivity index (χ2v) is 5.96. The minimum absolute atomic E-state index is 0.0839. The van der Waals surface area contributed by atoms with Crippen LogP contribution in [0.4, 0.5) is 0 Å². The molecule has 122 valence electrons. The number of nitrogens with zero attached hydrogens (tertiary/aromatic N) is 3. The molecule has 2 aromatic heterocycles. The number of Topliss-reactive ketones (excluding diaryl/α,β-unsaturated/α-hetero) is 1. The molecule has 0 N–H and O–H groups in total. The summed E-state index contributed by atoms with van der Waals surface area (Å²) >= 11 is 0. The Morgan fingerprint density at radius 1 is 0.920 bits per heavy atom. The first-order valence-corrected chi connectivity index (χ1v) is 8.23. The van der Waals surface area contributed by atoms with Crippen LogP contribution in [0.5, 0.6) is 0 Å². The number of rotatable bonds is 4. The van der Waals surface area contributed by atoms with Crippen LogP contribution in [-0.4, -0.2) is 20.3 Å². The fourth-order valence-corrected chi connectivity index (χ4v) is 3.11. The molecular weight excluding hydrogens is 310 g/mol. The Morgan fingerprint density at radius 2 is 1.60 bits per heavy atom. The maximum Gasteiger partial charge on any atom is 0.234 e. The monoisotopic (exact) mass is 327 g/mol. The van der Waals surface area contributed by atoms with E-state index >= 15 is 0 Å². The Balaban J connectivity index is 1.88. The molecule has 4 aromatic rings. The first-order chi connectivity index (χ1) is 12.3. The zero-order chi connectivity index (χ0) is 17.2. The number of ketones is 1. The molecule has 0 radical (unpaired) electrons. The van der Waals surface area contributed by atoms with Crippen molar-refractivity contribution >= 4 is 16.7 Å². The summed E-state index contributed by atoms with van der Waals surface area (Å²) in [6.45, 7) is 1.93. The van der Waals surface area contributed by atoms with E-state index in [1.165, 1.54) is 0 Å². The van der Waals surface area contributed by atoms with Crippen LogP contribution in [0.25, 0.3) is 16.9 Å².